The highest BCUT2D eigenvalue weighted by Crippen LogP contribution is 1.96. The summed E-state index contributed by atoms with van der Waals surface area (Å²) in [4.78, 5) is 0. The maximum Gasteiger partial charge on any atom is 0.0780 e. The van der Waals surface area contributed by atoms with Crippen LogP contribution in [0.15, 0.2) is 0 Å². The first-order valence-electron chi connectivity index (χ1n) is 8.07. The van der Waals surface area contributed by atoms with Gasteiger partial charge in [-0.3, -0.25) is 0 Å². The maximum absolute atomic E-state index is 8.73. The van der Waals surface area contributed by atoms with Gasteiger partial charge in [-0.05, 0) is 33.6 Å². The van der Waals surface area contributed by atoms with Crippen LogP contribution in [0.5, 0.6) is 0 Å². The highest BCUT2D eigenvalue weighted by molar-refractivity contribution is 4.50. The number of aliphatic hydroxyl groups is 2. The molecule has 3 unspecified atom stereocenters. The number of ether oxygens (including phenoxy) is 3. The molecule has 3 atom stereocenters. The third-order valence-corrected chi connectivity index (χ3v) is 2.48. The SMILES string of the molecule is CCCCOCC(C)O.CCCOC(C)COC(C)CO. The second-order valence-corrected chi connectivity index (χ2v) is 5.29. The van der Waals surface area contributed by atoms with Crippen LogP contribution in [0.3, 0.4) is 0 Å². The Hall–Kier alpha value is -0.200. The molecule has 0 radical (unpaired) electrons. The minimum atomic E-state index is -0.318. The molecule has 0 aromatic carbocycles. The summed E-state index contributed by atoms with van der Waals surface area (Å²) in [5, 5.41) is 17.4. The molecule has 2 N–H and O–H groups in total. The van der Waals surface area contributed by atoms with Crippen molar-refractivity contribution in [1.82, 2.24) is 0 Å². The molecule has 0 saturated carbocycles. The highest BCUT2D eigenvalue weighted by atomic mass is 16.5. The standard InChI is InChI=1S/C9H20O3.C7H16O2/c1-4-5-11-9(3)7-12-8(2)6-10;1-3-4-5-9-6-7(2)8/h8-10H,4-7H2,1-3H3;7-8H,3-6H2,1-2H3. The van der Waals surface area contributed by atoms with Crippen molar-refractivity contribution in [1.29, 1.82) is 0 Å². The Morgan fingerprint density at radius 2 is 1.52 bits per heavy atom. The third-order valence-electron chi connectivity index (χ3n) is 2.48. The zero-order valence-corrected chi connectivity index (χ0v) is 14.5. The smallest absolute Gasteiger partial charge is 0.0780 e. The van der Waals surface area contributed by atoms with Crippen LogP contribution in [-0.4, -0.2) is 61.6 Å². The lowest BCUT2D eigenvalue weighted by Crippen LogP contribution is -2.22. The van der Waals surface area contributed by atoms with E-state index in [1.165, 1.54) is 0 Å². The van der Waals surface area contributed by atoms with Gasteiger partial charge in [-0.15, -0.1) is 0 Å². The Labute approximate surface area is 130 Å². The van der Waals surface area contributed by atoms with Gasteiger partial charge in [0.15, 0.2) is 0 Å². The molecule has 0 spiro atoms. The van der Waals surface area contributed by atoms with E-state index in [-0.39, 0.29) is 24.9 Å². The molecule has 5 nitrogen and oxygen atoms in total. The Balaban J connectivity index is 0. The quantitative estimate of drug-likeness (QED) is 0.542. The van der Waals surface area contributed by atoms with Gasteiger partial charge in [-0.1, -0.05) is 20.3 Å². The van der Waals surface area contributed by atoms with Gasteiger partial charge in [0, 0.05) is 13.2 Å². The summed E-state index contributed by atoms with van der Waals surface area (Å²) >= 11 is 0. The summed E-state index contributed by atoms with van der Waals surface area (Å²) in [5.41, 5.74) is 0. The van der Waals surface area contributed by atoms with Crippen LogP contribution >= 0.6 is 0 Å². The number of hydrogen-bond donors (Lipinski definition) is 2. The van der Waals surface area contributed by atoms with E-state index in [9.17, 15) is 0 Å². The highest BCUT2D eigenvalue weighted by Gasteiger charge is 2.04. The summed E-state index contributed by atoms with van der Waals surface area (Å²) in [6, 6.07) is 0. The van der Waals surface area contributed by atoms with Crippen molar-refractivity contribution < 1.29 is 24.4 Å². The predicted molar refractivity (Wildman–Crippen MR) is 85.6 cm³/mol. The van der Waals surface area contributed by atoms with Crippen LogP contribution in [0.2, 0.25) is 0 Å². The zero-order valence-electron chi connectivity index (χ0n) is 14.5. The topological polar surface area (TPSA) is 68.2 Å². The van der Waals surface area contributed by atoms with Crippen molar-refractivity contribution in [3.63, 3.8) is 0 Å². The molecule has 0 heterocycles. The van der Waals surface area contributed by atoms with Gasteiger partial charge in [0.2, 0.25) is 0 Å². The molecule has 21 heavy (non-hydrogen) atoms. The fourth-order valence-electron chi connectivity index (χ4n) is 1.22. The average Bonchev–Trinajstić information content (AvgIpc) is 2.47. The predicted octanol–water partition coefficient (Wildman–Crippen LogP) is 2.38. The Morgan fingerprint density at radius 1 is 0.857 bits per heavy atom. The number of hydrogen-bond acceptors (Lipinski definition) is 5. The molecular formula is C16H36O5. The minimum Gasteiger partial charge on any atom is -0.394 e. The van der Waals surface area contributed by atoms with Crippen molar-refractivity contribution >= 4 is 0 Å². The summed E-state index contributed by atoms with van der Waals surface area (Å²) in [6.45, 7) is 12.4. The van der Waals surface area contributed by atoms with E-state index in [1.54, 1.807) is 6.92 Å². The largest absolute Gasteiger partial charge is 0.394 e. The maximum atomic E-state index is 8.73. The van der Waals surface area contributed by atoms with Gasteiger partial charge in [-0.2, -0.15) is 0 Å². The molecule has 0 saturated heterocycles. The molecule has 0 aliphatic heterocycles. The summed E-state index contributed by atoms with van der Waals surface area (Å²) in [5.74, 6) is 0. The van der Waals surface area contributed by atoms with Crippen molar-refractivity contribution in [2.24, 2.45) is 0 Å². The molecule has 5 heteroatoms. The molecule has 0 rings (SSSR count). The molecule has 130 valence electrons. The van der Waals surface area contributed by atoms with E-state index < -0.39 is 0 Å². The molecule has 0 aliphatic carbocycles. The van der Waals surface area contributed by atoms with Crippen LogP contribution in [0.1, 0.15) is 53.9 Å². The lowest BCUT2D eigenvalue weighted by molar-refractivity contribution is -0.0451. The van der Waals surface area contributed by atoms with Crippen molar-refractivity contribution in [2.75, 3.05) is 33.0 Å². The van der Waals surface area contributed by atoms with Crippen LogP contribution in [0, 0.1) is 0 Å². The second kappa shape index (κ2) is 17.9. The van der Waals surface area contributed by atoms with Gasteiger partial charge >= 0.3 is 0 Å². The molecule has 0 bridgehead atoms. The van der Waals surface area contributed by atoms with Crippen LogP contribution in [-0.2, 0) is 14.2 Å². The van der Waals surface area contributed by atoms with Gasteiger partial charge in [0.25, 0.3) is 0 Å². The van der Waals surface area contributed by atoms with Gasteiger partial charge in [0.1, 0.15) is 0 Å². The Kier molecular flexibility index (Phi) is 19.6. The monoisotopic (exact) mass is 308 g/mol. The van der Waals surface area contributed by atoms with Gasteiger partial charge in [0.05, 0.1) is 38.1 Å². The summed E-state index contributed by atoms with van der Waals surface area (Å²) < 4.78 is 15.7. The van der Waals surface area contributed by atoms with Crippen molar-refractivity contribution in [2.45, 2.75) is 72.2 Å². The normalized spacial score (nSPS) is 15.0. The fourth-order valence-corrected chi connectivity index (χ4v) is 1.22. The first-order chi connectivity index (χ1) is 9.97. The van der Waals surface area contributed by atoms with E-state index in [1.807, 2.05) is 13.8 Å². The zero-order chi connectivity index (χ0) is 16.5. The third kappa shape index (κ3) is 22.2. The first-order valence-corrected chi connectivity index (χ1v) is 8.07. The van der Waals surface area contributed by atoms with Gasteiger partial charge < -0.3 is 24.4 Å². The summed E-state index contributed by atoms with van der Waals surface area (Å²) in [7, 11) is 0. The van der Waals surface area contributed by atoms with Crippen molar-refractivity contribution in [3.05, 3.63) is 0 Å². The lowest BCUT2D eigenvalue weighted by atomic mass is 10.4. The van der Waals surface area contributed by atoms with E-state index in [2.05, 4.69) is 13.8 Å². The molecule has 0 aromatic heterocycles. The molecule has 0 aliphatic rings. The molecule has 0 aromatic rings. The van der Waals surface area contributed by atoms with E-state index in [0.717, 1.165) is 32.5 Å². The number of rotatable bonds is 12. The molecule has 0 fully saturated rings. The molecule has 0 amide bonds. The first kappa shape index (κ1) is 23.1. The van der Waals surface area contributed by atoms with E-state index in [0.29, 0.717) is 13.2 Å². The van der Waals surface area contributed by atoms with Crippen molar-refractivity contribution in [3.8, 4) is 0 Å². The van der Waals surface area contributed by atoms with Crippen LogP contribution < -0.4 is 0 Å². The lowest BCUT2D eigenvalue weighted by Gasteiger charge is -2.15. The van der Waals surface area contributed by atoms with Crippen LogP contribution in [0.4, 0.5) is 0 Å². The fraction of sp³-hybridized carbons (Fsp3) is 1.00. The number of unbranched alkanes of at least 4 members (excludes halogenated alkanes) is 1. The van der Waals surface area contributed by atoms with Crippen LogP contribution in [0.25, 0.3) is 0 Å². The Bertz CT molecular complexity index is 188. The molecular weight excluding hydrogens is 272 g/mol. The van der Waals surface area contributed by atoms with E-state index >= 15 is 0 Å². The van der Waals surface area contributed by atoms with Gasteiger partial charge in [-0.25, -0.2) is 0 Å². The Morgan fingerprint density at radius 3 is 2.00 bits per heavy atom. The number of aliphatic hydroxyl groups excluding tert-OH is 2. The van der Waals surface area contributed by atoms with E-state index in [4.69, 9.17) is 24.4 Å². The summed E-state index contributed by atoms with van der Waals surface area (Å²) in [6.07, 6.45) is 2.99. The average molecular weight is 308 g/mol. The second-order valence-electron chi connectivity index (χ2n) is 5.29. The minimum absolute atomic E-state index is 0.0699.